The van der Waals surface area contributed by atoms with E-state index in [1.807, 2.05) is 0 Å². The van der Waals surface area contributed by atoms with Gasteiger partial charge in [-0.25, -0.2) is 26.9 Å². The number of aryl methyl sites for hydroxylation is 1. The van der Waals surface area contributed by atoms with E-state index in [0.717, 1.165) is 40.8 Å². The number of nitrogens with zero attached hydrogens (tertiary/aromatic N) is 4. The lowest BCUT2D eigenvalue weighted by Gasteiger charge is -2.24. The summed E-state index contributed by atoms with van der Waals surface area (Å²) in [5, 5.41) is 4.13. The van der Waals surface area contributed by atoms with Crippen LogP contribution in [0.15, 0.2) is 53.7 Å². The van der Waals surface area contributed by atoms with Crippen LogP contribution in [0.1, 0.15) is 24.1 Å². The van der Waals surface area contributed by atoms with Gasteiger partial charge in [0.15, 0.2) is 5.78 Å². The fraction of sp³-hybridized carbons (Fsp3) is 0.348. The van der Waals surface area contributed by atoms with Crippen LogP contribution in [0.5, 0.6) is 5.88 Å². The molecule has 3 aromatic rings. The zero-order valence-corrected chi connectivity index (χ0v) is 20.1. The Bertz CT molecular complexity index is 1380. The third-order valence-corrected chi connectivity index (χ3v) is 7.81. The van der Waals surface area contributed by atoms with Crippen molar-refractivity contribution in [3.8, 4) is 11.6 Å². The topological polar surface area (TPSA) is 94.4 Å². The zero-order chi connectivity index (χ0) is 27.0. The molecule has 1 aliphatic rings. The Morgan fingerprint density at radius 3 is 2.46 bits per heavy atom. The highest BCUT2D eigenvalue weighted by Crippen LogP contribution is 2.31. The number of rotatable bonds is 8. The first kappa shape index (κ1) is 26.7. The van der Waals surface area contributed by atoms with Gasteiger partial charge in [0.1, 0.15) is 23.7 Å². The Kier molecular flexibility index (Phi) is 7.33. The lowest BCUT2D eigenvalue weighted by Crippen LogP contribution is -2.44. The van der Waals surface area contributed by atoms with E-state index in [-0.39, 0.29) is 42.3 Å². The van der Waals surface area contributed by atoms with Crippen molar-refractivity contribution in [3.63, 3.8) is 0 Å². The molecular formula is C23H21F5N4O4S. The Hall–Kier alpha value is -3.39. The van der Waals surface area contributed by atoms with Crippen LogP contribution < -0.4 is 4.74 Å². The molecule has 4 rings (SSSR count). The average Bonchev–Trinajstić information content (AvgIpc) is 3.46. The van der Waals surface area contributed by atoms with Crippen molar-refractivity contribution >= 4 is 15.8 Å². The molecule has 0 N–H and O–H groups in total. The molecule has 1 aromatic carbocycles. The van der Waals surface area contributed by atoms with Gasteiger partial charge in [-0.05, 0) is 49.2 Å². The SMILES string of the molecule is COc1nn(-c2ccc(C(F)(F)F)nc2)cc1CCC(=O)[C@@H]1[C@@H](F)CCN1S(=O)(=O)c1ccc(F)cc1. The van der Waals surface area contributed by atoms with Crippen LogP contribution in [0.3, 0.4) is 0 Å². The van der Waals surface area contributed by atoms with E-state index in [2.05, 4.69) is 10.1 Å². The number of hydrogen-bond acceptors (Lipinski definition) is 6. The molecule has 0 aliphatic carbocycles. The number of ether oxygens (including phenoxy) is 1. The van der Waals surface area contributed by atoms with Crippen LogP contribution in [0.25, 0.3) is 5.69 Å². The zero-order valence-electron chi connectivity index (χ0n) is 19.3. The number of benzene rings is 1. The summed E-state index contributed by atoms with van der Waals surface area (Å²) < 4.78 is 99.5. The monoisotopic (exact) mass is 544 g/mol. The number of alkyl halides is 4. The molecule has 0 spiro atoms. The number of sulfonamides is 1. The predicted molar refractivity (Wildman–Crippen MR) is 120 cm³/mol. The minimum Gasteiger partial charge on any atom is -0.480 e. The first-order valence-corrected chi connectivity index (χ1v) is 12.5. The molecule has 0 bridgehead atoms. The third kappa shape index (κ3) is 5.49. The molecule has 14 heteroatoms. The lowest BCUT2D eigenvalue weighted by molar-refractivity contribution is -0.141. The van der Waals surface area contributed by atoms with Crippen LogP contribution in [-0.2, 0) is 27.4 Å². The summed E-state index contributed by atoms with van der Waals surface area (Å²) in [4.78, 5) is 16.1. The van der Waals surface area contributed by atoms with Crippen molar-refractivity contribution in [2.45, 2.75) is 42.5 Å². The minimum absolute atomic E-state index is 0.00370. The van der Waals surface area contributed by atoms with Gasteiger partial charge in [-0.3, -0.25) is 4.79 Å². The molecule has 198 valence electrons. The number of ketones is 1. The van der Waals surface area contributed by atoms with Crippen molar-refractivity contribution in [1.29, 1.82) is 0 Å². The highest BCUT2D eigenvalue weighted by molar-refractivity contribution is 7.89. The fourth-order valence-electron chi connectivity index (χ4n) is 4.07. The molecule has 2 atom stereocenters. The van der Waals surface area contributed by atoms with Crippen LogP contribution in [0, 0.1) is 5.82 Å². The van der Waals surface area contributed by atoms with E-state index in [0.29, 0.717) is 5.56 Å². The van der Waals surface area contributed by atoms with Crippen LogP contribution in [0.4, 0.5) is 22.0 Å². The van der Waals surface area contributed by atoms with E-state index in [1.165, 1.54) is 24.1 Å². The Labute approximate surface area is 208 Å². The molecule has 0 amide bonds. The van der Waals surface area contributed by atoms with Gasteiger partial charge in [-0.1, -0.05) is 0 Å². The number of pyridine rings is 1. The first-order chi connectivity index (χ1) is 17.4. The number of Topliss-reactive ketones (excluding diaryl/α,β-unsaturated/α-hetero) is 1. The smallest absolute Gasteiger partial charge is 0.433 e. The summed E-state index contributed by atoms with van der Waals surface area (Å²) in [5.74, 6) is -1.22. The van der Waals surface area contributed by atoms with E-state index in [1.54, 1.807) is 0 Å². The first-order valence-electron chi connectivity index (χ1n) is 11.0. The van der Waals surface area contributed by atoms with Gasteiger partial charge in [-0.2, -0.15) is 17.5 Å². The van der Waals surface area contributed by atoms with Gasteiger partial charge in [0.2, 0.25) is 15.9 Å². The van der Waals surface area contributed by atoms with E-state index in [9.17, 15) is 35.2 Å². The Morgan fingerprint density at radius 1 is 1.16 bits per heavy atom. The van der Waals surface area contributed by atoms with Crippen LogP contribution in [0.2, 0.25) is 0 Å². The van der Waals surface area contributed by atoms with Crippen LogP contribution in [-0.4, -0.2) is 59.1 Å². The minimum atomic E-state index is -4.60. The second-order valence-corrected chi connectivity index (χ2v) is 10.2. The van der Waals surface area contributed by atoms with Crippen molar-refractivity contribution in [3.05, 3.63) is 65.9 Å². The van der Waals surface area contributed by atoms with Gasteiger partial charge in [0, 0.05) is 24.7 Å². The average molecular weight is 545 g/mol. The maximum absolute atomic E-state index is 14.7. The Balaban J connectivity index is 1.50. The second kappa shape index (κ2) is 10.2. The Morgan fingerprint density at radius 2 is 1.86 bits per heavy atom. The summed E-state index contributed by atoms with van der Waals surface area (Å²) in [6, 6.07) is 4.44. The largest absolute Gasteiger partial charge is 0.480 e. The summed E-state index contributed by atoms with van der Waals surface area (Å²) in [5.41, 5.74) is -0.462. The fourth-order valence-corrected chi connectivity index (χ4v) is 5.71. The molecule has 1 saturated heterocycles. The molecule has 37 heavy (non-hydrogen) atoms. The summed E-state index contributed by atoms with van der Waals surface area (Å²) in [6.07, 6.45) is -4.32. The molecule has 1 aliphatic heterocycles. The van der Waals surface area contributed by atoms with E-state index in [4.69, 9.17) is 4.74 Å². The van der Waals surface area contributed by atoms with Gasteiger partial charge in [-0.15, -0.1) is 5.10 Å². The second-order valence-electron chi connectivity index (χ2n) is 8.29. The van der Waals surface area contributed by atoms with E-state index < -0.39 is 45.7 Å². The normalized spacial score (nSPS) is 18.8. The molecule has 1 fully saturated rings. The molecule has 2 aromatic heterocycles. The summed E-state index contributed by atoms with van der Waals surface area (Å²) >= 11 is 0. The number of methoxy groups -OCH3 is 1. The number of aromatic nitrogens is 3. The standard InChI is InChI=1S/C23H21F5N4O4S/c1-36-22-14(13-31(30-22)16-5-9-20(29-12-16)23(26,27)28)2-8-19(33)21-18(25)10-11-32(21)37(34,35)17-6-3-15(24)4-7-17/h3-7,9,12-13,18,21H,2,8,10-11H2,1H3/t18-,21-/m0/s1. The summed E-state index contributed by atoms with van der Waals surface area (Å²) in [6.45, 7) is -0.209. The number of halogens is 5. The van der Waals surface area contributed by atoms with Crippen molar-refractivity contribution in [1.82, 2.24) is 19.1 Å². The molecule has 0 radical (unpaired) electrons. The quantitative estimate of drug-likeness (QED) is 0.401. The molecule has 8 nitrogen and oxygen atoms in total. The highest BCUT2D eigenvalue weighted by Gasteiger charge is 2.45. The van der Waals surface area contributed by atoms with Crippen molar-refractivity contribution in [2.75, 3.05) is 13.7 Å². The van der Waals surface area contributed by atoms with Gasteiger partial charge < -0.3 is 4.74 Å². The number of carbonyl (C=O) groups excluding carboxylic acids is 1. The maximum atomic E-state index is 14.7. The maximum Gasteiger partial charge on any atom is 0.433 e. The molecule has 0 unspecified atom stereocenters. The third-order valence-electron chi connectivity index (χ3n) is 5.92. The van der Waals surface area contributed by atoms with Gasteiger partial charge in [0.25, 0.3) is 0 Å². The number of hydrogen-bond donors (Lipinski definition) is 0. The van der Waals surface area contributed by atoms with Gasteiger partial charge in [0.05, 0.1) is 23.9 Å². The van der Waals surface area contributed by atoms with Gasteiger partial charge >= 0.3 is 6.18 Å². The predicted octanol–water partition coefficient (Wildman–Crippen LogP) is 3.74. The van der Waals surface area contributed by atoms with E-state index >= 15 is 0 Å². The molecule has 3 heterocycles. The molecular weight excluding hydrogens is 523 g/mol. The lowest BCUT2D eigenvalue weighted by atomic mass is 10.0. The van der Waals surface area contributed by atoms with Crippen molar-refractivity contribution in [2.24, 2.45) is 0 Å². The van der Waals surface area contributed by atoms with Crippen LogP contribution >= 0.6 is 0 Å². The number of carbonyl (C=O) groups is 1. The highest BCUT2D eigenvalue weighted by atomic mass is 32.2. The van der Waals surface area contributed by atoms with Crippen molar-refractivity contribution < 1.29 is 39.9 Å². The summed E-state index contributed by atoms with van der Waals surface area (Å²) in [7, 11) is -2.93. The molecule has 0 saturated carbocycles.